The molecule has 2 fully saturated rings. The highest BCUT2D eigenvalue weighted by Gasteiger charge is 2.38. The van der Waals surface area contributed by atoms with E-state index in [1.165, 1.54) is 30.1 Å². The van der Waals surface area contributed by atoms with Gasteiger partial charge in [-0.25, -0.2) is 0 Å². The molecule has 2 amide bonds. The summed E-state index contributed by atoms with van der Waals surface area (Å²) in [5, 5.41) is 5.47. The van der Waals surface area contributed by atoms with E-state index in [-0.39, 0.29) is 52.9 Å². The van der Waals surface area contributed by atoms with Gasteiger partial charge in [-0.2, -0.15) is 18.3 Å². The van der Waals surface area contributed by atoms with Crippen molar-refractivity contribution in [3.63, 3.8) is 0 Å². The molecule has 7 rings (SSSR count). The zero-order valence-corrected chi connectivity index (χ0v) is 33.0. The summed E-state index contributed by atoms with van der Waals surface area (Å²) in [6.07, 6.45) is 6.43. The third-order valence-electron chi connectivity index (χ3n) is 11.3. The van der Waals surface area contributed by atoms with E-state index < -0.39 is 12.7 Å². The summed E-state index contributed by atoms with van der Waals surface area (Å²) in [6.45, 7) is 5.09. The molecule has 2 aromatic carbocycles. The molecule has 1 aliphatic carbocycles. The molecule has 4 heterocycles. The van der Waals surface area contributed by atoms with Crippen LogP contribution in [0, 0.1) is 0 Å². The fourth-order valence-electron chi connectivity index (χ4n) is 8.88. The van der Waals surface area contributed by atoms with Crippen LogP contribution in [-0.2, 0) is 17.8 Å². The zero-order valence-electron chi connectivity index (χ0n) is 32.2. The second kappa shape index (κ2) is 16.1. The molecular weight excluding hydrogens is 728 g/mol. The highest BCUT2D eigenvalue weighted by molar-refractivity contribution is 7.98. The molecule has 9 nitrogen and oxygen atoms in total. The minimum Gasteiger partial charge on any atom is -0.497 e. The summed E-state index contributed by atoms with van der Waals surface area (Å²) in [5.41, 5.74) is 5.88. The van der Waals surface area contributed by atoms with Crippen molar-refractivity contribution in [1.82, 2.24) is 24.0 Å². The Bertz CT molecular complexity index is 2100. The normalized spacial score (nSPS) is 19.2. The minimum atomic E-state index is -4.60. The summed E-state index contributed by atoms with van der Waals surface area (Å²) in [6, 6.07) is 11.3. The molecule has 1 saturated heterocycles. The van der Waals surface area contributed by atoms with Gasteiger partial charge in [-0.3, -0.25) is 19.0 Å². The molecule has 13 heteroatoms. The maximum Gasteiger partial charge on any atom is 0.408 e. The molecule has 2 atom stereocenters. The largest absolute Gasteiger partial charge is 0.497 e. The number of methoxy groups -OCH3 is 2. The number of nitrogens with zero attached hydrogens (tertiary/aromatic N) is 4. The topological polar surface area (TPSA) is 90.6 Å². The maximum atomic E-state index is 14.7. The molecule has 4 aromatic rings. The highest BCUT2D eigenvalue weighted by atomic mass is 32.2. The SMILES string of the molecule is COCC1CCCC(C)N1C(=O)c1cnn(CC(F)(F)F)c1C1=Cc2cc(OC)ccc2-c2c(C3CCCCC3)c3ccc(C(=O)NSC(C)C)cc3n2C1. The standard InChI is InChI=1S/C42H50F3N5O4S/c1-25(2)55-47-40(51)28-14-16-34-36(20-28)48-22-30(18-29-19-32(54-5)15-17-33(29)39(48)37(34)27-11-7-6-8-12-27)38-35(21-46-49(38)24-42(43,44)45)41(52)50-26(3)10-9-13-31(50)23-53-4/h14-21,25-27,31H,6-13,22-24H2,1-5H3,(H,47,51). The van der Waals surface area contributed by atoms with Crippen LogP contribution in [0.15, 0.2) is 42.6 Å². The van der Waals surface area contributed by atoms with Crippen LogP contribution in [0.3, 0.4) is 0 Å². The summed E-state index contributed by atoms with van der Waals surface area (Å²) in [4.78, 5) is 29.9. The molecule has 3 aliphatic rings. The Morgan fingerprint density at radius 2 is 1.78 bits per heavy atom. The van der Waals surface area contributed by atoms with Gasteiger partial charge in [0.2, 0.25) is 0 Å². The second-order valence-electron chi connectivity index (χ2n) is 15.4. The maximum absolute atomic E-state index is 14.7. The summed E-state index contributed by atoms with van der Waals surface area (Å²) in [7, 11) is 3.18. The summed E-state index contributed by atoms with van der Waals surface area (Å²) < 4.78 is 60.2. The number of benzene rings is 2. The molecule has 1 N–H and O–H groups in total. The van der Waals surface area contributed by atoms with E-state index in [1.54, 1.807) is 19.1 Å². The van der Waals surface area contributed by atoms with Crippen molar-refractivity contribution in [1.29, 1.82) is 0 Å². The lowest BCUT2D eigenvalue weighted by Gasteiger charge is -2.40. The fourth-order valence-corrected chi connectivity index (χ4v) is 9.34. The predicted octanol–water partition coefficient (Wildman–Crippen LogP) is 9.49. The Morgan fingerprint density at radius 3 is 2.49 bits per heavy atom. The number of carbonyl (C=O) groups excluding carboxylic acids is 2. The fraction of sp³-hybridized carbons (Fsp3) is 0.500. The zero-order chi connectivity index (χ0) is 39.0. The number of rotatable bonds is 10. The van der Waals surface area contributed by atoms with E-state index >= 15 is 0 Å². The van der Waals surface area contributed by atoms with Gasteiger partial charge in [0, 0.05) is 40.4 Å². The number of carbonyl (C=O) groups is 2. The Labute approximate surface area is 324 Å². The number of aromatic nitrogens is 3. The van der Waals surface area contributed by atoms with Crippen LogP contribution < -0.4 is 9.46 Å². The Morgan fingerprint density at radius 1 is 1.00 bits per heavy atom. The van der Waals surface area contributed by atoms with Gasteiger partial charge in [0.05, 0.1) is 49.5 Å². The lowest BCUT2D eigenvalue weighted by molar-refractivity contribution is -0.142. The number of hydrogen-bond donors (Lipinski definition) is 1. The van der Waals surface area contributed by atoms with Gasteiger partial charge in [-0.1, -0.05) is 39.2 Å². The first kappa shape index (κ1) is 39.0. The average molecular weight is 778 g/mol. The number of amides is 2. The Hall–Kier alpha value is -4.23. The van der Waals surface area contributed by atoms with E-state index in [4.69, 9.17) is 9.47 Å². The van der Waals surface area contributed by atoms with Crippen molar-refractivity contribution in [2.24, 2.45) is 0 Å². The molecule has 2 aromatic heterocycles. The monoisotopic (exact) mass is 777 g/mol. The van der Waals surface area contributed by atoms with Crippen LogP contribution in [0.1, 0.15) is 116 Å². The lowest BCUT2D eigenvalue weighted by atomic mass is 9.81. The third kappa shape index (κ3) is 7.92. The lowest BCUT2D eigenvalue weighted by Crippen LogP contribution is -2.50. The predicted molar refractivity (Wildman–Crippen MR) is 211 cm³/mol. The molecule has 0 bridgehead atoms. The Kier molecular flexibility index (Phi) is 11.4. The number of hydrogen-bond acceptors (Lipinski definition) is 6. The molecule has 2 unspecified atom stereocenters. The second-order valence-corrected chi connectivity index (χ2v) is 16.8. The van der Waals surface area contributed by atoms with Crippen molar-refractivity contribution < 1.29 is 32.2 Å². The van der Waals surface area contributed by atoms with Crippen LogP contribution in [0.4, 0.5) is 13.2 Å². The highest BCUT2D eigenvalue weighted by Crippen LogP contribution is 2.48. The number of nitrogens with one attached hydrogen (secondary N) is 1. The quantitative estimate of drug-likeness (QED) is 0.162. The molecule has 0 spiro atoms. The number of halogens is 3. The Balaban J connectivity index is 1.47. The number of ether oxygens (including phenoxy) is 2. The van der Waals surface area contributed by atoms with Gasteiger partial charge in [0.15, 0.2) is 0 Å². The minimum absolute atomic E-state index is 0.119. The van der Waals surface area contributed by atoms with Crippen molar-refractivity contribution in [3.05, 3.63) is 70.5 Å². The van der Waals surface area contributed by atoms with Gasteiger partial charge < -0.3 is 18.9 Å². The molecular formula is C42H50F3N5O4S. The summed E-state index contributed by atoms with van der Waals surface area (Å²) in [5.74, 6) is 0.272. The van der Waals surface area contributed by atoms with Crippen molar-refractivity contribution in [2.45, 2.75) is 115 Å². The number of fused-ring (bicyclic) bond motifs is 5. The number of likely N-dealkylation sites (tertiary alicyclic amines) is 1. The van der Waals surface area contributed by atoms with E-state index in [0.29, 0.717) is 23.5 Å². The van der Waals surface area contributed by atoms with Gasteiger partial charge in [-0.15, -0.1) is 0 Å². The van der Waals surface area contributed by atoms with Crippen molar-refractivity contribution in [2.75, 3.05) is 20.8 Å². The van der Waals surface area contributed by atoms with Gasteiger partial charge in [0.1, 0.15) is 12.3 Å². The van der Waals surface area contributed by atoms with Gasteiger partial charge >= 0.3 is 6.18 Å². The molecule has 1 saturated carbocycles. The molecule has 2 aliphatic heterocycles. The first-order chi connectivity index (χ1) is 26.4. The van der Waals surface area contributed by atoms with Crippen LogP contribution in [0.2, 0.25) is 0 Å². The van der Waals surface area contributed by atoms with E-state index in [0.717, 1.165) is 77.4 Å². The van der Waals surface area contributed by atoms with Crippen LogP contribution in [0.25, 0.3) is 33.8 Å². The first-order valence-corrected chi connectivity index (χ1v) is 20.2. The molecule has 294 valence electrons. The molecule has 0 radical (unpaired) electrons. The van der Waals surface area contributed by atoms with Crippen molar-refractivity contribution >= 4 is 46.3 Å². The van der Waals surface area contributed by atoms with E-state index in [1.807, 2.05) is 63.2 Å². The number of piperidine rings is 1. The smallest absolute Gasteiger partial charge is 0.408 e. The van der Waals surface area contributed by atoms with E-state index in [2.05, 4.69) is 14.4 Å². The molecule has 55 heavy (non-hydrogen) atoms. The van der Waals surface area contributed by atoms with Crippen LogP contribution in [-0.4, -0.2) is 75.4 Å². The van der Waals surface area contributed by atoms with Gasteiger partial charge in [0.25, 0.3) is 11.8 Å². The van der Waals surface area contributed by atoms with Gasteiger partial charge in [-0.05, 0) is 110 Å². The average Bonchev–Trinajstić information content (AvgIpc) is 3.65. The van der Waals surface area contributed by atoms with Crippen LogP contribution in [0.5, 0.6) is 5.75 Å². The van der Waals surface area contributed by atoms with E-state index in [9.17, 15) is 22.8 Å². The first-order valence-electron chi connectivity index (χ1n) is 19.3. The number of alkyl halides is 3. The van der Waals surface area contributed by atoms with Crippen LogP contribution >= 0.6 is 11.9 Å². The third-order valence-corrected chi connectivity index (χ3v) is 12.0. The number of allylic oxidation sites excluding steroid dienone is 1. The summed E-state index contributed by atoms with van der Waals surface area (Å²) >= 11 is 1.34. The van der Waals surface area contributed by atoms with Crippen molar-refractivity contribution in [3.8, 4) is 17.0 Å².